The topological polar surface area (TPSA) is 73.6 Å². The first-order valence-electron chi connectivity index (χ1n) is 7.19. The normalized spacial score (nSPS) is 10.0. The maximum atomic E-state index is 11.9. The van der Waals surface area contributed by atoms with Gasteiger partial charge in [0, 0.05) is 11.4 Å². The predicted molar refractivity (Wildman–Crippen MR) is 87.2 cm³/mol. The summed E-state index contributed by atoms with van der Waals surface area (Å²) in [4.78, 5) is 11.9. The molecule has 116 valence electrons. The molecule has 2 rings (SSSR count). The Hall–Kier alpha value is -2.69. The molecule has 5 nitrogen and oxygen atoms in total. The van der Waals surface area contributed by atoms with Crippen molar-refractivity contribution >= 4 is 17.3 Å². The molecule has 0 bridgehead atoms. The van der Waals surface area contributed by atoms with E-state index in [1.54, 1.807) is 30.3 Å². The third kappa shape index (κ3) is 4.70. The zero-order valence-corrected chi connectivity index (χ0v) is 12.5. The Kier molecular flexibility index (Phi) is 5.65. The van der Waals surface area contributed by atoms with Gasteiger partial charge in [0.25, 0.3) is 5.91 Å². The number of nitrogens with one attached hydrogen (secondary N) is 1. The van der Waals surface area contributed by atoms with Gasteiger partial charge in [0.15, 0.2) is 18.1 Å². The van der Waals surface area contributed by atoms with Crippen molar-refractivity contribution in [1.29, 1.82) is 0 Å². The summed E-state index contributed by atoms with van der Waals surface area (Å²) in [7, 11) is 0. The standard InChI is InChI=1S/C17H20N2O3/c1-2-11-21-15-5-3-4-6-16(15)22-12-17(20)19-14-9-7-13(18)8-10-14/h3-10H,2,11-12,18H2,1H3,(H,19,20). The van der Waals surface area contributed by atoms with Crippen LogP contribution >= 0.6 is 0 Å². The van der Waals surface area contributed by atoms with Crippen LogP contribution in [-0.4, -0.2) is 19.1 Å². The SMILES string of the molecule is CCCOc1ccccc1OCC(=O)Nc1ccc(N)cc1. The molecule has 22 heavy (non-hydrogen) atoms. The molecule has 0 aliphatic heterocycles. The van der Waals surface area contributed by atoms with Crippen molar-refractivity contribution < 1.29 is 14.3 Å². The number of ether oxygens (including phenoxy) is 2. The summed E-state index contributed by atoms with van der Waals surface area (Å²) in [6.45, 7) is 2.55. The van der Waals surface area contributed by atoms with Gasteiger partial charge < -0.3 is 20.5 Å². The monoisotopic (exact) mass is 300 g/mol. The van der Waals surface area contributed by atoms with Crippen LogP contribution in [0.3, 0.4) is 0 Å². The molecule has 0 heterocycles. The Bertz CT molecular complexity index is 612. The average Bonchev–Trinajstić information content (AvgIpc) is 2.54. The third-order valence-electron chi connectivity index (χ3n) is 2.86. The Balaban J connectivity index is 1.89. The summed E-state index contributed by atoms with van der Waals surface area (Å²) >= 11 is 0. The molecule has 0 aliphatic carbocycles. The number of hydrogen-bond acceptors (Lipinski definition) is 4. The number of nitrogens with two attached hydrogens (primary N) is 1. The first-order valence-corrected chi connectivity index (χ1v) is 7.19. The second kappa shape index (κ2) is 7.93. The lowest BCUT2D eigenvalue weighted by molar-refractivity contribution is -0.118. The quantitative estimate of drug-likeness (QED) is 0.771. The van der Waals surface area contributed by atoms with Crippen molar-refractivity contribution in [3.63, 3.8) is 0 Å². The highest BCUT2D eigenvalue weighted by Crippen LogP contribution is 2.26. The summed E-state index contributed by atoms with van der Waals surface area (Å²) < 4.78 is 11.1. The minimum absolute atomic E-state index is 0.0864. The number of nitrogen functional groups attached to an aromatic ring is 1. The zero-order chi connectivity index (χ0) is 15.8. The van der Waals surface area contributed by atoms with E-state index in [9.17, 15) is 4.79 Å². The van der Waals surface area contributed by atoms with E-state index in [0.29, 0.717) is 29.5 Å². The minimum atomic E-state index is -0.241. The van der Waals surface area contributed by atoms with Crippen LogP contribution in [0.2, 0.25) is 0 Å². The summed E-state index contributed by atoms with van der Waals surface area (Å²) in [6, 6.07) is 14.2. The average molecular weight is 300 g/mol. The molecule has 0 fully saturated rings. The molecule has 1 amide bonds. The van der Waals surface area contributed by atoms with Gasteiger partial charge in [-0.05, 0) is 42.8 Å². The number of para-hydroxylation sites is 2. The minimum Gasteiger partial charge on any atom is -0.490 e. The predicted octanol–water partition coefficient (Wildman–Crippen LogP) is 3.08. The molecule has 0 unspecified atom stereocenters. The molecule has 0 saturated carbocycles. The van der Waals surface area contributed by atoms with E-state index in [4.69, 9.17) is 15.2 Å². The largest absolute Gasteiger partial charge is 0.490 e. The molecule has 3 N–H and O–H groups in total. The van der Waals surface area contributed by atoms with Gasteiger partial charge >= 0.3 is 0 Å². The van der Waals surface area contributed by atoms with Crippen LogP contribution in [0.1, 0.15) is 13.3 Å². The zero-order valence-electron chi connectivity index (χ0n) is 12.5. The first-order chi connectivity index (χ1) is 10.7. The molecule has 0 aliphatic rings. The van der Waals surface area contributed by atoms with Gasteiger partial charge in [0.1, 0.15) is 0 Å². The number of carbonyl (C=O) groups is 1. The highest BCUT2D eigenvalue weighted by Gasteiger charge is 2.07. The van der Waals surface area contributed by atoms with Crippen LogP contribution in [0, 0.1) is 0 Å². The molecular weight excluding hydrogens is 280 g/mol. The van der Waals surface area contributed by atoms with E-state index < -0.39 is 0 Å². The van der Waals surface area contributed by atoms with Gasteiger partial charge in [-0.1, -0.05) is 19.1 Å². The lowest BCUT2D eigenvalue weighted by Crippen LogP contribution is -2.20. The number of amides is 1. The first kappa shape index (κ1) is 15.7. The highest BCUT2D eigenvalue weighted by molar-refractivity contribution is 5.92. The lowest BCUT2D eigenvalue weighted by atomic mass is 10.3. The number of carbonyl (C=O) groups excluding carboxylic acids is 1. The summed E-state index contributed by atoms with van der Waals surface area (Å²) in [5.74, 6) is 0.961. The second-order valence-electron chi connectivity index (χ2n) is 4.75. The Morgan fingerprint density at radius 3 is 2.32 bits per heavy atom. The van der Waals surface area contributed by atoms with Gasteiger partial charge in [-0.3, -0.25) is 4.79 Å². The second-order valence-corrected chi connectivity index (χ2v) is 4.75. The van der Waals surface area contributed by atoms with E-state index in [0.717, 1.165) is 6.42 Å². The van der Waals surface area contributed by atoms with E-state index in [1.165, 1.54) is 0 Å². The fraction of sp³-hybridized carbons (Fsp3) is 0.235. The van der Waals surface area contributed by atoms with E-state index >= 15 is 0 Å². The van der Waals surface area contributed by atoms with Crippen LogP contribution in [0.25, 0.3) is 0 Å². The molecule has 0 saturated heterocycles. The Morgan fingerprint density at radius 1 is 1.05 bits per heavy atom. The number of anilines is 2. The number of benzene rings is 2. The molecule has 0 atom stereocenters. The third-order valence-corrected chi connectivity index (χ3v) is 2.86. The van der Waals surface area contributed by atoms with Crippen LogP contribution in [0.5, 0.6) is 11.5 Å². The van der Waals surface area contributed by atoms with Crippen LogP contribution < -0.4 is 20.5 Å². The van der Waals surface area contributed by atoms with Gasteiger partial charge in [-0.25, -0.2) is 0 Å². The summed E-state index contributed by atoms with van der Waals surface area (Å²) in [6.07, 6.45) is 0.909. The molecule has 5 heteroatoms. The maximum absolute atomic E-state index is 11.9. The van der Waals surface area contributed by atoms with Crippen LogP contribution in [0.4, 0.5) is 11.4 Å². The molecule has 0 aromatic heterocycles. The summed E-state index contributed by atoms with van der Waals surface area (Å²) in [5, 5.41) is 2.74. The van der Waals surface area contributed by atoms with Gasteiger partial charge in [-0.15, -0.1) is 0 Å². The fourth-order valence-corrected chi connectivity index (χ4v) is 1.81. The molecular formula is C17H20N2O3. The van der Waals surface area contributed by atoms with Crippen molar-refractivity contribution in [1.82, 2.24) is 0 Å². The van der Waals surface area contributed by atoms with Crippen molar-refractivity contribution in [2.24, 2.45) is 0 Å². The maximum Gasteiger partial charge on any atom is 0.262 e. The van der Waals surface area contributed by atoms with E-state index in [1.807, 2.05) is 25.1 Å². The molecule has 0 radical (unpaired) electrons. The highest BCUT2D eigenvalue weighted by atomic mass is 16.5. The van der Waals surface area contributed by atoms with Crippen molar-refractivity contribution in [3.8, 4) is 11.5 Å². The summed E-state index contributed by atoms with van der Waals surface area (Å²) in [5.41, 5.74) is 6.93. The Morgan fingerprint density at radius 2 is 1.68 bits per heavy atom. The lowest BCUT2D eigenvalue weighted by Gasteiger charge is -2.12. The van der Waals surface area contributed by atoms with E-state index in [2.05, 4.69) is 5.32 Å². The van der Waals surface area contributed by atoms with E-state index in [-0.39, 0.29) is 12.5 Å². The van der Waals surface area contributed by atoms with Gasteiger partial charge in [-0.2, -0.15) is 0 Å². The van der Waals surface area contributed by atoms with Crippen LogP contribution in [0.15, 0.2) is 48.5 Å². The molecule has 2 aromatic carbocycles. The number of rotatable bonds is 7. The number of hydrogen-bond donors (Lipinski definition) is 2. The van der Waals surface area contributed by atoms with Gasteiger partial charge in [0.05, 0.1) is 6.61 Å². The van der Waals surface area contributed by atoms with Crippen molar-refractivity contribution in [2.45, 2.75) is 13.3 Å². The molecule has 0 spiro atoms. The Labute approximate surface area is 130 Å². The smallest absolute Gasteiger partial charge is 0.262 e. The van der Waals surface area contributed by atoms with Gasteiger partial charge in [0.2, 0.25) is 0 Å². The molecule has 2 aromatic rings. The van der Waals surface area contributed by atoms with Crippen LogP contribution in [-0.2, 0) is 4.79 Å². The van der Waals surface area contributed by atoms with Crippen molar-refractivity contribution in [2.75, 3.05) is 24.3 Å². The van der Waals surface area contributed by atoms with Crippen molar-refractivity contribution in [3.05, 3.63) is 48.5 Å². The fourth-order valence-electron chi connectivity index (χ4n) is 1.81.